The van der Waals surface area contributed by atoms with Crippen LogP contribution >= 0.6 is 0 Å². The summed E-state index contributed by atoms with van der Waals surface area (Å²) in [4.78, 5) is 12.2. The standard InChI is InChI=1S/C19H21F2NO5S/c1-11(2)22-28(24,25)18-9-13(5-8-17(18)26-4)19(23)27-12(3)15-7-6-14(20)10-16(15)21/h5-12,22H,1-4H3. The first-order valence-corrected chi connectivity index (χ1v) is 9.89. The number of carbonyl (C=O) groups excluding carboxylic acids is 1. The molecule has 152 valence electrons. The van der Waals surface area contributed by atoms with E-state index in [4.69, 9.17) is 9.47 Å². The Kier molecular flexibility index (Phi) is 6.73. The summed E-state index contributed by atoms with van der Waals surface area (Å²) in [5.74, 6) is -2.40. The Morgan fingerprint density at radius 2 is 1.75 bits per heavy atom. The van der Waals surface area contributed by atoms with Crippen LogP contribution in [0.4, 0.5) is 8.78 Å². The van der Waals surface area contributed by atoms with Gasteiger partial charge < -0.3 is 9.47 Å². The molecule has 9 heteroatoms. The third kappa shape index (κ3) is 5.05. The van der Waals surface area contributed by atoms with E-state index in [1.807, 2.05) is 0 Å². The second-order valence-corrected chi connectivity index (χ2v) is 8.04. The number of sulfonamides is 1. The number of halogens is 2. The van der Waals surface area contributed by atoms with Gasteiger partial charge in [0.1, 0.15) is 28.4 Å². The topological polar surface area (TPSA) is 81.7 Å². The molecule has 6 nitrogen and oxygen atoms in total. The molecule has 0 aromatic heterocycles. The molecule has 2 aromatic carbocycles. The van der Waals surface area contributed by atoms with E-state index in [0.717, 1.165) is 12.1 Å². The van der Waals surface area contributed by atoms with Gasteiger partial charge in [0.05, 0.1) is 12.7 Å². The zero-order valence-corrected chi connectivity index (χ0v) is 16.6. The van der Waals surface area contributed by atoms with Crippen LogP contribution in [0.5, 0.6) is 5.75 Å². The van der Waals surface area contributed by atoms with Gasteiger partial charge in [0.25, 0.3) is 0 Å². The fraction of sp³-hybridized carbons (Fsp3) is 0.316. The zero-order valence-electron chi connectivity index (χ0n) is 15.8. The van der Waals surface area contributed by atoms with E-state index in [2.05, 4.69) is 4.72 Å². The number of rotatable bonds is 7. The van der Waals surface area contributed by atoms with E-state index < -0.39 is 33.7 Å². The molecule has 0 bridgehead atoms. The van der Waals surface area contributed by atoms with Gasteiger partial charge in [-0.3, -0.25) is 0 Å². The maximum atomic E-state index is 13.9. The summed E-state index contributed by atoms with van der Waals surface area (Å²) in [6, 6.07) is 6.34. The van der Waals surface area contributed by atoms with E-state index in [0.29, 0.717) is 6.07 Å². The van der Waals surface area contributed by atoms with Crippen LogP contribution in [0.2, 0.25) is 0 Å². The highest BCUT2D eigenvalue weighted by atomic mass is 32.2. The lowest BCUT2D eigenvalue weighted by molar-refractivity contribution is 0.0331. The molecule has 1 unspecified atom stereocenters. The number of carbonyl (C=O) groups is 1. The van der Waals surface area contributed by atoms with Gasteiger partial charge in [0, 0.05) is 17.7 Å². The highest BCUT2D eigenvalue weighted by molar-refractivity contribution is 7.89. The van der Waals surface area contributed by atoms with Gasteiger partial charge in [-0.2, -0.15) is 0 Å². The lowest BCUT2D eigenvalue weighted by Crippen LogP contribution is -2.30. The van der Waals surface area contributed by atoms with Crippen molar-refractivity contribution in [2.75, 3.05) is 7.11 Å². The molecule has 1 atom stereocenters. The van der Waals surface area contributed by atoms with Crippen molar-refractivity contribution in [1.82, 2.24) is 4.72 Å². The summed E-state index contributed by atoms with van der Waals surface area (Å²) in [6.45, 7) is 4.73. The summed E-state index contributed by atoms with van der Waals surface area (Å²) in [6.07, 6.45) is -1.01. The average Bonchev–Trinajstić information content (AvgIpc) is 2.59. The highest BCUT2D eigenvalue weighted by Gasteiger charge is 2.24. The molecule has 0 saturated carbocycles. The van der Waals surface area contributed by atoms with Crippen LogP contribution in [-0.2, 0) is 14.8 Å². The second-order valence-electron chi connectivity index (χ2n) is 6.35. The van der Waals surface area contributed by atoms with Gasteiger partial charge in [-0.05, 0) is 51.1 Å². The van der Waals surface area contributed by atoms with Gasteiger partial charge in [-0.15, -0.1) is 0 Å². The summed E-state index contributed by atoms with van der Waals surface area (Å²) in [5, 5.41) is 0. The number of nitrogens with one attached hydrogen (secondary N) is 1. The van der Waals surface area contributed by atoms with E-state index >= 15 is 0 Å². The van der Waals surface area contributed by atoms with Crippen LogP contribution in [0.1, 0.15) is 42.8 Å². The quantitative estimate of drug-likeness (QED) is 0.702. The molecular formula is C19H21F2NO5S. The largest absolute Gasteiger partial charge is 0.495 e. The van der Waals surface area contributed by atoms with Crippen molar-refractivity contribution < 1.29 is 31.5 Å². The second kappa shape index (κ2) is 8.66. The minimum atomic E-state index is -3.93. The summed E-state index contributed by atoms with van der Waals surface area (Å²) < 4.78 is 64.6. The molecule has 1 N–H and O–H groups in total. The molecule has 2 rings (SSSR count). The molecule has 0 saturated heterocycles. The van der Waals surface area contributed by atoms with Crippen LogP contribution in [0.15, 0.2) is 41.3 Å². The normalized spacial score (nSPS) is 12.7. The fourth-order valence-corrected chi connectivity index (χ4v) is 3.96. The van der Waals surface area contributed by atoms with Gasteiger partial charge in [0.15, 0.2) is 0 Å². The Balaban J connectivity index is 2.32. The predicted octanol–water partition coefficient (Wildman–Crippen LogP) is 3.58. The number of esters is 1. The first kappa shape index (κ1) is 21.8. The lowest BCUT2D eigenvalue weighted by Gasteiger charge is -2.16. The zero-order chi connectivity index (χ0) is 21.1. The monoisotopic (exact) mass is 413 g/mol. The van der Waals surface area contributed by atoms with Gasteiger partial charge in [-0.25, -0.2) is 26.7 Å². The third-order valence-corrected chi connectivity index (χ3v) is 5.44. The number of ether oxygens (including phenoxy) is 2. The predicted molar refractivity (Wildman–Crippen MR) is 98.6 cm³/mol. The number of methoxy groups -OCH3 is 1. The lowest BCUT2D eigenvalue weighted by atomic mass is 10.1. The van der Waals surface area contributed by atoms with Crippen LogP contribution < -0.4 is 9.46 Å². The van der Waals surface area contributed by atoms with Crippen molar-refractivity contribution >= 4 is 16.0 Å². The number of hydrogen-bond donors (Lipinski definition) is 1. The SMILES string of the molecule is COc1ccc(C(=O)OC(C)c2ccc(F)cc2F)cc1S(=O)(=O)NC(C)C. The Labute approximate surface area is 162 Å². The minimum absolute atomic E-state index is 0.00224. The van der Waals surface area contributed by atoms with Crippen molar-refractivity contribution in [1.29, 1.82) is 0 Å². The molecule has 0 spiro atoms. The first-order chi connectivity index (χ1) is 13.0. The van der Waals surface area contributed by atoms with Crippen LogP contribution in [0.25, 0.3) is 0 Å². The van der Waals surface area contributed by atoms with E-state index in [-0.39, 0.29) is 27.8 Å². The average molecular weight is 413 g/mol. The van der Waals surface area contributed by atoms with Gasteiger partial charge in [0.2, 0.25) is 10.0 Å². The van der Waals surface area contributed by atoms with E-state index in [9.17, 15) is 22.0 Å². The summed E-state index contributed by atoms with van der Waals surface area (Å²) in [5.41, 5.74) is -0.0584. The van der Waals surface area contributed by atoms with Crippen molar-refractivity contribution in [2.24, 2.45) is 0 Å². The fourth-order valence-electron chi connectivity index (χ4n) is 2.51. The number of benzene rings is 2. The maximum Gasteiger partial charge on any atom is 0.338 e. The van der Waals surface area contributed by atoms with Gasteiger partial charge in [-0.1, -0.05) is 0 Å². The van der Waals surface area contributed by atoms with Crippen LogP contribution in [-0.4, -0.2) is 27.5 Å². The highest BCUT2D eigenvalue weighted by Crippen LogP contribution is 2.27. The molecular weight excluding hydrogens is 392 g/mol. The number of hydrogen-bond acceptors (Lipinski definition) is 5. The first-order valence-electron chi connectivity index (χ1n) is 8.41. The summed E-state index contributed by atoms with van der Waals surface area (Å²) >= 11 is 0. The molecule has 0 aliphatic heterocycles. The minimum Gasteiger partial charge on any atom is -0.495 e. The maximum absolute atomic E-state index is 13.9. The smallest absolute Gasteiger partial charge is 0.338 e. The van der Waals surface area contributed by atoms with Gasteiger partial charge >= 0.3 is 5.97 Å². The van der Waals surface area contributed by atoms with Crippen LogP contribution in [0.3, 0.4) is 0 Å². The van der Waals surface area contributed by atoms with E-state index in [1.165, 1.54) is 32.2 Å². The van der Waals surface area contributed by atoms with E-state index in [1.54, 1.807) is 13.8 Å². The molecule has 28 heavy (non-hydrogen) atoms. The molecule has 0 aliphatic carbocycles. The van der Waals surface area contributed by atoms with Crippen molar-refractivity contribution in [3.8, 4) is 5.75 Å². The van der Waals surface area contributed by atoms with Crippen molar-refractivity contribution in [3.05, 3.63) is 59.2 Å². The Morgan fingerprint density at radius 1 is 1.07 bits per heavy atom. The molecule has 2 aromatic rings. The molecule has 0 amide bonds. The van der Waals surface area contributed by atoms with Crippen molar-refractivity contribution in [2.45, 2.75) is 37.8 Å². The Morgan fingerprint density at radius 3 is 2.32 bits per heavy atom. The molecule has 0 heterocycles. The third-order valence-electron chi connectivity index (χ3n) is 3.76. The Hall–Kier alpha value is -2.52. The molecule has 0 radical (unpaired) electrons. The Bertz CT molecular complexity index is 976. The molecule has 0 aliphatic rings. The van der Waals surface area contributed by atoms with Crippen molar-refractivity contribution in [3.63, 3.8) is 0 Å². The summed E-state index contributed by atoms with van der Waals surface area (Å²) in [7, 11) is -2.63. The molecule has 0 fully saturated rings. The van der Waals surface area contributed by atoms with Crippen LogP contribution in [0, 0.1) is 11.6 Å².